The zero-order valence-corrected chi connectivity index (χ0v) is 19.3. The van der Waals surface area contributed by atoms with Gasteiger partial charge in [-0.2, -0.15) is 13.2 Å². The number of pyridine rings is 1. The molecule has 0 spiro atoms. The summed E-state index contributed by atoms with van der Waals surface area (Å²) in [5, 5.41) is 0.442. The van der Waals surface area contributed by atoms with E-state index in [1.165, 1.54) is 6.07 Å². The Hall–Kier alpha value is -3.39. The van der Waals surface area contributed by atoms with Gasteiger partial charge in [0, 0.05) is 22.3 Å². The second-order valence-corrected chi connectivity index (χ2v) is 8.38. The number of benzene rings is 2. The molecule has 0 saturated heterocycles. The molecule has 1 aliphatic carbocycles. The number of carbonyl (C=O) groups is 1. The summed E-state index contributed by atoms with van der Waals surface area (Å²) in [7, 11) is 1.01. The number of ether oxygens (including phenoxy) is 2. The molecule has 0 aliphatic heterocycles. The van der Waals surface area contributed by atoms with Crippen molar-refractivity contribution >= 4 is 28.7 Å². The van der Waals surface area contributed by atoms with Crippen molar-refractivity contribution < 1.29 is 31.8 Å². The highest BCUT2D eigenvalue weighted by molar-refractivity contribution is 6.30. The number of allylic oxidation sites excluding steroid dienone is 2. The number of carbonyl (C=O) groups excluding carboxylic acids is 1. The third-order valence-corrected chi connectivity index (χ3v) is 5.97. The van der Waals surface area contributed by atoms with Gasteiger partial charge in [0.25, 0.3) is 0 Å². The van der Waals surface area contributed by atoms with Crippen molar-refractivity contribution in [1.29, 1.82) is 0 Å². The van der Waals surface area contributed by atoms with E-state index in [0.717, 1.165) is 36.9 Å². The number of alkyl halides is 3. The van der Waals surface area contributed by atoms with Gasteiger partial charge < -0.3 is 9.47 Å². The molecule has 0 saturated carbocycles. The van der Waals surface area contributed by atoms with Crippen LogP contribution in [-0.2, 0) is 17.5 Å². The summed E-state index contributed by atoms with van der Waals surface area (Å²) < 4.78 is 64.8. The zero-order chi connectivity index (χ0) is 25.2. The van der Waals surface area contributed by atoms with Crippen molar-refractivity contribution in [2.75, 3.05) is 7.11 Å². The van der Waals surface area contributed by atoms with Gasteiger partial charge in [0.05, 0.1) is 12.7 Å². The largest absolute Gasteiger partial charge is 0.488 e. The smallest absolute Gasteiger partial charge is 0.434 e. The number of nitrogens with zero attached hydrogens (tertiary/aromatic N) is 1. The lowest BCUT2D eigenvalue weighted by Crippen LogP contribution is -2.17. The Morgan fingerprint density at radius 3 is 2.54 bits per heavy atom. The predicted molar refractivity (Wildman–Crippen MR) is 123 cm³/mol. The van der Waals surface area contributed by atoms with Crippen molar-refractivity contribution in [3.8, 4) is 5.75 Å². The molecule has 4 rings (SSSR count). The molecule has 2 aromatic carbocycles. The fourth-order valence-corrected chi connectivity index (χ4v) is 4.29. The highest BCUT2D eigenvalue weighted by Gasteiger charge is 2.38. The number of hydrogen-bond acceptors (Lipinski definition) is 4. The number of aromatic nitrogens is 1. The van der Waals surface area contributed by atoms with Crippen LogP contribution in [0.5, 0.6) is 5.75 Å². The molecule has 182 valence electrons. The topological polar surface area (TPSA) is 48.4 Å². The lowest BCUT2D eigenvalue weighted by Gasteiger charge is -2.16. The molecule has 1 aliphatic rings. The normalized spacial score (nSPS) is 13.8. The summed E-state index contributed by atoms with van der Waals surface area (Å²) in [5.41, 5.74) is 1.00. The van der Waals surface area contributed by atoms with E-state index in [4.69, 9.17) is 16.3 Å². The van der Waals surface area contributed by atoms with Gasteiger partial charge in [0.1, 0.15) is 18.2 Å². The second kappa shape index (κ2) is 10.1. The SMILES string of the molecule is COC(=O)c1cc(C2=C(c3cc(Cl)ccc3OCc3ccccc3F)CCC2)cnc1C(F)(F)F. The maximum atomic E-state index is 14.1. The molecule has 4 nitrogen and oxygen atoms in total. The molecule has 0 fully saturated rings. The quantitative estimate of drug-likeness (QED) is 0.259. The third kappa shape index (κ3) is 5.32. The summed E-state index contributed by atoms with van der Waals surface area (Å²) in [6.45, 7) is -0.0156. The Labute approximate surface area is 204 Å². The Kier molecular flexibility index (Phi) is 7.12. The van der Waals surface area contributed by atoms with Crippen LogP contribution in [0.3, 0.4) is 0 Å². The second-order valence-electron chi connectivity index (χ2n) is 7.94. The third-order valence-electron chi connectivity index (χ3n) is 5.74. The minimum Gasteiger partial charge on any atom is -0.488 e. The van der Waals surface area contributed by atoms with Crippen molar-refractivity contribution in [3.05, 3.63) is 93.5 Å². The first-order chi connectivity index (χ1) is 16.7. The monoisotopic (exact) mass is 505 g/mol. The van der Waals surface area contributed by atoms with Crippen molar-refractivity contribution in [2.24, 2.45) is 0 Å². The minimum absolute atomic E-state index is 0.0156. The minimum atomic E-state index is -4.81. The molecule has 1 heterocycles. The number of rotatable bonds is 6. The summed E-state index contributed by atoms with van der Waals surface area (Å²) in [6.07, 6.45) is -1.79. The molecular formula is C26H20ClF4NO3. The van der Waals surface area contributed by atoms with Crippen LogP contribution in [0.4, 0.5) is 17.6 Å². The summed E-state index contributed by atoms with van der Waals surface area (Å²) in [4.78, 5) is 15.7. The molecule has 0 unspecified atom stereocenters. The number of esters is 1. The van der Waals surface area contributed by atoms with Crippen molar-refractivity contribution in [1.82, 2.24) is 4.98 Å². The van der Waals surface area contributed by atoms with E-state index in [1.807, 2.05) is 0 Å². The average molecular weight is 506 g/mol. The van der Waals surface area contributed by atoms with Gasteiger partial charge in [0.2, 0.25) is 0 Å². The van der Waals surface area contributed by atoms with Crippen molar-refractivity contribution in [3.63, 3.8) is 0 Å². The standard InChI is InChI=1S/C26H20ClF4NO3/c1-34-25(33)21-11-16(13-32-24(21)26(29,30)31)18-6-4-7-19(18)20-12-17(27)9-10-23(20)35-14-15-5-2-3-8-22(15)28/h2-3,5,8-13H,4,6-7,14H2,1H3. The summed E-state index contributed by atoms with van der Waals surface area (Å²) in [5.74, 6) is -1.06. The molecule has 0 bridgehead atoms. The van der Waals surface area contributed by atoms with E-state index in [2.05, 4.69) is 9.72 Å². The van der Waals surface area contributed by atoms with E-state index in [-0.39, 0.29) is 6.61 Å². The van der Waals surface area contributed by atoms with Gasteiger partial charge in [-0.25, -0.2) is 9.18 Å². The molecule has 1 aromatic heterocycles. The Balaban J connectivity index is 1.77. The highest BCUT2D eigenvalue weighted by Crippen LogP contribution is 2.44. The summed E-state index contributed by atoms with van der Waals surface area (Å²) >= 11 is 6.25. The van der Waals surface area contributed by atoms with Crippen LogP contribution in [0, 0.1) is 5.82 Å². The Morgan fingerprint density at radius 1 is 1.09 bits per heavy atom. The van der Waals surface area contributed by atoms with Crippen LogP contribution < -0.4 is 4.74 Å². The maximum Gasteiger partial charge on any atom is 0.434 e. The van der Waals surface area contributed by atoms with Gasteiger partial charge in [-0.3, -0.25) is 4.98 Å². The molecular weight excluding hydrogens is 486 g/mol. The fraction of sp³-hybridized carbons (Fsp3) is 0.231. The predicted octanol–water partition coefficient (Wildman–Crippen LogP) is 7.35. The number of methoxy groups -OCH3 is 1. The van der Waals surface area contributed by atoms with Gasteiger partial charge in [-0.15, -0.1) is 0 Å². The Bertz CT molecular complexity index is 1300. The van der Waals surface area contributed by atoms with E-state index in [1.54, 1.807) is 36.4 Å². The van der Waals surface area contributed by atoms with E-state index in [9.17, 15) is 22.4 Å². The van der Waals surface area contributed by atoms with Crippen LogP contribution in [0.25, 0.3) is 11.1 Å². The van der Waals surface area contributed by atoms with Crippen molar-refractivity contribution in [2.45, 2.75) is 32.0 Å². The first-order valence-corrected chi connectivity index (χ1v) is 11.1. The van der Waals surface area contributed by atoms with Gasteiger partial charge >= 0.3 is 12.1 Å². The maximum absolute atomic E-state index is 14.1. The van der Waals surface area contributed by atoms with E-state index >= 15 is 0 Å². The fourth-order valence-electron chi connectivity index (χ4n) is 4.12. The molecule has 35 heavy (non-hydrogen) atoms. The van der Waals surface area contributed by atoms with Crippen LogP contribution >= 0.6 is 11.6 Å². The van der Waals surface area contributed by atoms with Gasteiger partial charge in [0.15, 0.2) is 5.69 Å². The average Bonchev–Trinajstić information content (AvgIpc) is 3.32. The number of halogens is 5. The van der Waals surface area contributed by atoms with Crippen LogP contribution in [0.15, 0.2) is 54.7 Å². The molecule has 0 N–H and O–H groups in total. The van der Waals surface area contributed by atoms with Gasteiger partial charge in [-0.05, 0) is 66.3 Å². The van der Waals surface area contributed by atoms with Crippen LogP contribution in [0.1, 0.15) is 52.0 Å². The zero-order valence-electron chi connectivity index (χ0n) is 18.6. The molecule has 3 aromatic rings. The first-order valence-electron chi connectivity index (χ1n) is 10.7. The lowest BCUT2D eigenvalue weighted by atomic mass is 9.96. The van der Waals surface area contributed by atoms with Crippen LogP contribution in [-0.4, -0.2) is 18.1 Å². The number of hydrogen-bond donors (Lipinski definition) is 0. The molecule has 0 atom stereocenters. The first kappa shape index (κ1) is 24.7. The van der Waals surface area contributed by atoms with E-state index in [0.29, 0.717) is 40.3 Å². The summed E-state index contributed by atoms with van der Waals surface area (Å²) in [6, 6.07) is 12.4. The molecule has 0 radical (unpaired) electrons. The van der Waals surface area contributed by atoms with E-state index < -0.39 is 29.2 Å². The Morgan fingerprint density at radius 2 is 1.83 bits per heavy atom. The molecule has 0 amide bonds. The lowest BCUT2D eigenvalue weighted by molar-refractivity contribution is -0.141. The van der Waals surface area contributed by atoms with Crippen LogP contribution in [0.2, 0.25) is 5.02 Å². The highest BCUT2D eigenvalue weighted by atomic mass is 35.5. The molecule has 9 heteroatoms. The van der Waals surface area contributed by atoms with Gasteiger partial charge in [-0.1, -0.05) is 29.8 Å².